The number of nitrogens with one attached hydrogen (secondary N) is 2. The zero-order valence-corrected chi connectivity index (χ0v) is 22.5. The van der Waals surface area contributed by atoms with Gasteiger partial charge in [-0.2, -0.15) is 0 Å². The van der Waals surface area contributed by atoms with Gasteiger partial charge < -0.3 is 35.2 Å². The number of rotatable bonds is 6. The van der Waals surface area contributed by atoms with Crippen LogP contribution in [0.3, 0.4) is 0 Å². The van der Waals surface area contributed by atoms with Crippen molar-refractivity contribution in [1.82, 2.24) is 10.4 Å². The fourth-order valence-electron chi connectivity index (χ4n) is 4.99. The molecule has 0 bridgehead atoms. The zero-order chi connectivity index (χ0) is 28.4. The molecule has 2 amide bonds. The molecule has 0 saturated carbocycles. The van der Waals surface area contributed by atoms with E-state index in [1.54, 1.807) is 24.3 Å². The number of benzene rings is 3. The minimum atomic E-state index is -1.86. The van der Waals surface area contributed by atoms with Crippen LogP contribution in [0.2, 0.25) is 0 Å². The Balaban J connectivity index is 1.51. The van der Waals surface area contributed by atoms with Crippen LogP contribution < -0.4 is 10.7 Å². The second-order valence-corrected chi connectivity index (χ2v) is 10.4. The van der Waals surface area contributed by atoms with Gasteiger partial charge in [0.25, 0.3) is 0 Å². The molecule has 2 aliphatic rings. The average molecular weight is 614 g/mol. The van der Waals surface area contributed by atoms with E-state index in [2.05, 4.69) is 26.7 Å². The van der Waals surface area contributed by atoms with Crippen LogP contribution in [0.15, 0.2) is 89.4 Å². The standard InChI is InChI=1S/C28H28BrN3O8/c29-17-11-13-18(14-12-17)30-28(38)32-20(16-9-5-2-6-10-16)19(15-7-3-1-4-8-15)25(31-32)40-27-23(35)21(33)22(34)24(39-27)26(36)37/h1-14,19-25,27,31,33-35H,(H,30,38)(H,36,37)/t19-,20-,21+,22+,23-,24+,25?,27+/m1/s1. The van der Waals surface area contributed by atoms with Crippen LogP contribution >= 0.6 is 15.9 Å². The van der Waals surface area contributed by atoms with Gasteiger partial charge in [0.05, 0.1) is 12.0 Å². The van der Waals surface area contributed by atoms with E-state index in [1.165, 1.54) is 5.01 Å². The Hall–Kier alpha value is -3.36. The molecule has 3 aromatic carbocycles. The van der Waals surface area contributed by atoms with Gasteiger partial charge in [0.15, 0.2) is 12.4 Å². The number of carbonyl (C=O) groups excluding carboxylic acids is 1. The van der Waals surface area contributed by atoms with Crippen molar-refractivity contribution in [1.29, 1.82) is 0 Å². The number of hydrogen-bond donors (Lipinski definition) is 6. The molecule has 12 heteroatoms. The Labute approximate surface area is 238 Å². The van der Waals surface area contributed by atoms with Crippen LogP contribution in [0.5, 0.6) is 0 Å². The third-order valence-electron chi connectivity index (χ3n) is 6.94. The summed E-state index contributed by atoms with van der Waals surface area (Å²) < 4.78 is 12.3. The number of urea groups is 1. The summed E-state index contributed by atoms with van der Waals surface area (Å²) in [5.74, 6) is -2.09. The Morgan fingerprint density at radius 3 is 2.05 bits per heavy atom. The predicted molar refractivity (Wildman–Crippen MR) is 146 cm³/mol. The molecule has 2 fully saturated rings. The first-order chi connectivity index (χ1) is 19.2. The van der Waals surface area contributed by atoms with Crippen molar-refractivity contribution < 1.29 is 39.5 Å². The zero-order valence-electron chi connectivity index (χ0n) is 20.9. The summed E-state index contributed by atoms with van der Waals surface area (Å²) in [5.41, 5.74) is 5.18. The molecule has 6 N–H and O–H groups in total. The quantitative estimate of drug-likeness (QED) is 0.245. The van der Waals surface area contributed by atoms with Crippen molar-refractivity contribution in [2.75, 3.05) is 5.32 Å². The average Bonchev–Trinajstić information content (AvgIpc) is 3.34. The fourth-order valence-corrected chi connectivity index (χ4v) is 5.25. The second kappa shape index (κ2) is 12.0. The fraction of sp³-hybridized carbons (Fsp3) is 0.286. The summed E-state index contributed by atoms with van der Waals surface area (Å²) in [7, 11) is 0. The number of aliphatic hydroxyl groups is 3. The number of hydrazine groups is 1. The van der Waals surface area contributed by atoms with Crippen LogP contribution in [-0.2, 0) is 14.3 Å². The summed E-state index contributed by atoms with van der Waals surface area (Å²) in [4.78, 5) is 25.3. The molecule has 2 aliphatic heterocycles. The lowest BCUT2D eigenvalue weighted by atomic mass is 9.87. The summed E-state index contributed by atoms with van der Waals surface area (Å²) in [6.07, 6.45) is -9.95. The van der Waals surface area contributed by atoms with Gasteiger partial charge in [0.1, 0.15) is 24.5 Å². The Morgan fingerprint density at radius 1 is 0.850 bits per heavy atom. The highest BCUT2D eigenvalue weighted by Gasteiger charge is 2.52. The normalized spacial score (nSPS) is 30.1. The number of halogens is 1. The molecule has 0 aliphatic carbocycles. The van der Waals surface area contributed by atoms with Crippen molar-refractivity contribution >= 4 is 33.6 Å². The first kappa shape index (κ1) is 28.2. The van der Waals surface area contributed by atoms with E-state index in [1.807, 2.05) is 60.7 Å². The SMILES string of the molecule is O=C(O)[C@H]1O[C@@H](OC2NN(C(=O)Nc3ccc(Br)cc3)[C@H](c3ccccc3)[C@H]2c2ccccc2)[C@H](O)[C@@H](O)[C@@H]1O. The highest BCUT2D eigenvalue weighted by molar-refractivity contribution is 9.10. The van der Waals surface area contributed by atoms with Gasteiger partial charge >= 0.3 is 12.0 Å². The van der Waals surface area contributed by atoms with E-state index in [0.29, 0.717) is 5.69 Å². The maximum absolute atomic E-state index is 13.7. The van der Waals surface area contributed by atoms with Crippen LogP contribution in [0, 0.1) is 0 Å². The Morgan fingerprint density at radius 2 is 1.45 bits per heavy atom. The molecule has 0 aromatic heterocycles. The first-order valence-corrected chi connectivity index (χ1v) is 13.3. The van der Waals surface area contributed by atoms with Gasteiger partial charge in [0, 0.05) is 10.2 Å². The molecular formula is C28H28BrN3O8. The maximum Gasteiger partial charge on any atom is 0.336 e. The molecule has 2 saturated heterocycles. The second-order valence-electron chi connectivity index (χ2n) is 9.52. The number of aliphatic hydroxyl groups excluding tert-OH is 3. The summed E-state index contributed by atoms with van der Waals surface area (Å²) in [6.45, 7) is 0. The van der Waals surface area contributed by atoms with Gasteiger partial charge in [-0.05, 0) is 35.4 Å². The molecular weight excluding hydrogens is 586 g/mol. The van der Waals surface area contributed by atoms with Gasteiger partial charge in [-0.25, -0.2) is 20.0 Å². The van der Waals surface area contributed by atoms with Crippen LogP contribution in [0.25, 0.3) is 0 Å². The molecule has 8 atom stereocenters. The number of amides is 2. The Bertz CT molecular complexity index is 1320. The van der Waals surface area contributed by atoms with E-state index in [9.17, 15) is 30.0 Å². The number of aliphatic carboxylic acids is 1. The lowest BCUT2D eigenvalue weighted by Gasteiger charge is -2.40. The topological polar surface area (TPSA) is 161 Å². The Kier molecular flexibility index (Phi) is 8.47. The van der Waals surface area contributed by atoms with E-state index in [4.69, 9.17) is 9.47 Å². The number of carboxylic acids is 1. The molecule has 0 spiro atoms. The molecule has 40 heavy (non-hydrogen) atoms. The van der Waals surface area contributed by atoms with E-state index in [0.717, 1.165) is 15.6 Å². The summed E-state index contributed by atoms with van der Waals surface area (Å²) >= 11 is 3.38. The minimum absolute atomic E-state index is 0.493. The van der Waals surface area contributed by atoms with Gasteiger partial charge in [0.2, 0.25) is 0 Å². The first-order valence-electron chi connectivity index (χ1n) is 12.5. The lowest BCUT2D eigenvalue weighted by Crippen LogP contribution is -2.61. The monoisotopic (exact) mass is 613 g/mol. The lowest BCUT2D eigenvalue weighted by molar-refractivity contribution is -0.307. The number of ether oxygens (including phenoxy) is 2. The highest BCUT2D eigenvalue weighted by atomic mass is 79.9. The predicted octanol–water partition coefficient (Wildman–Crippen LogP) is 2.56. The maximum atomic E-state index is 13.7. The van der Waals surface area contributed by atoms with Crippen molar-refractivity contribution in [3.63, 3.8) is 0 Å². The third kappa shape index (κ3) is 5.74. The molecule has 0 radical (unpaired) electrons. The van der Waals surface area contributed by atoms with Crippen molar-refractivity contribution in [2.24, 2.45) is 0 Å². The highest BCUT2D eigenvalue weighted by Crippen LogP contribution is 2.44. The molecule has 3 aromatic rings. The molecule has 210 valence electrons. The summed E-state index contributed by atoms with van der Waals surface area (Å²) in [6, 6.07) is 24.5. The van der Waals surface area contributed by atoms with Crippen LogP contribution in [0.4, 0.5) is 10.5 Å². The molecule has 1 unspecified atom stereocenters. The van der Waals surface area contributed by atoms with Crippen molar-refractivity contribution in [3.8, 4) is 0 Å². The number of carbonyl (C=O) groups is 2. The number of carboxylic acid groups (broad SMARTS) is 1. The molecule has 11 nitrogen and oxygen atoms in total. The third-order valence-corrected chi connectivity index (χ3v) is 7.47. The van der Waals surface area contributed by atoms with Gasteiger partial charge in [-0.3, -0.25) is 0 Å². The molecule has 5 rings (SSSR count). The largest absolute Gasteiger partial charge is 0.479 e. The number of hydrogen-bond acceptors (Lipinski definition) is 8. The van der Waals surface area contributed by atoms with E-state index in [-0.39, 0.29) is 0 Å². The number of nitrogens with zero attached hydrogens (tertiary/aromatic N) is 1. The van der Waals surface area contributed by atoms with E-state index < -0.39 is 60.9 Å². The van der Waals surface area contributed by atoms with Crippen molar-refractivity contribution in [2.45, 2.75) is 48.9 Å². The van der Waals surface area contributed by atoms with Crippen LogP contribution in [-0.4, -0.2) is 74.4 Å². The minimum Gasteiger partial charge on any atom is -0.479 e. The number of anilines is 1. The van der Waals surface area contributed by atoms with Crippen LogP contribution in [0.1, 0.15) is 23.1 Å². The van der Waals surface area contributed by atoms with Crippen molar-refractivity contribution in [3.05, 3.63) is 101 Å². The van der Waals surface area contributed by atoms with Gasteiger partial charge in [-0.15, -0.1) is 0 Å². The molecule has 2 heterocycles. The summed E-state index contributed by atoms with van der Waals surface area (Å²) in [5, 5.41) is 44.8. The van der Waals surface area contributed by atoms with Gasteiger partial charge in [-0.1, -0.05) is 76.6 Å². The van der Waals surface area contributed by atoms with E-state index >= 15 is 0 Å². The smallest absolute Gasteiger partial charge is 0.336 e.